The Morgan fingerprint density at radius 3 is 2.48 bits per heavy atom. The molecule has 0 aromatic carbocycles. The zero-order chi connectivity index (χ0) is 15.1. The molecule has 1 saturated carbocycles. The van der Waals surface area contributed by atoms with E-state index in [4.69, 9.17) is 9.15 Å². The van der Waals surface area contributed by atoms with Crippen LogP contribution in [0.25, 0.3) is 0 Å². The van der Waals surface area contributed by atoms with Gasteiger partial charge in [0.15, 0.2) is 0 Å². The molecule has 21 heavy (non-hydrogen) atoms. The molecule has 1 aromatic rings. The number of hydrogen-bond donors (Lipinski definition) is 1. The van der Waals surface area contributed by atoms with Crippen molar-refractivity contribution in [3.63, 3.8) is 0 Å². The van der Waals surface area contributed by atoms with E-state index in [0.717, 1.165) is 38.0 Å². The first kappa shape index (κ1) is 15.1. The normalized spacial score (nSPS) is 25.1. The van der Waals surface area contributed by atoms with Gasteiger partial charge in [0, 0.05) is 31.2 Å². The molecule has 0 amide bonds. The maximum atomic E-state index is 6.14. The second-order valence-corrected chi connectivity index (χ2v) is 7.79. The highest BCUT2D eigenvalue weighted by atomic mass is 16.5. The summed E-state index contributed by atoms with van der Waals surface area (Å²) in [5, 5.41) is 3.57. The smallest absolute Gasteiger partial charge is 0.122 e. The molecule has 4 heteroatoms. The van der Waals surface area contributed by atoms with Gasteiger partial charge < -0.3 is 14.5 Å². The van der Waals surface area contributed by atoms with Crippen LogP contribution in [0.3, 0.4) is 0 Å². The van der Waals surface area contributed by atoms with Crippen LogP contribution >= 0.6 is 0 Å². The van der Waals surface area contributed by atoms with Crippen molar-refractivity contribution in [2.24, 2.45) is 0 Å². The van der Waals surface area contributed by atoms with Crippen LogP contribution in [0.5, 0.6) is 0 Å². The minimum absolute atomic E-state index is 0.110. The number of ether oxygens (including phenoxy) is 1. The highest BCUT2D eigenvalue weighted by Crippen LogP contribution is 2.29. The van der Waals surface area contributed by atoms with Crippen molar-refractivity contribution in [3.8, 4) is 0 Å². The Morgan fingerprint density at radius 2 is 1.86 bits per heavy atom. The molecule has 0 radical (unpaired) electrons. The van der Waals surface area contributed by atoms with Crippen LogP contribution in [0.4, 0.5) is 0 Å². The van der Waals surface area contributed by atoms with E-state index in [1.54, 1.807) is 0 Å². The monoisotopic (exact) mass is 292 g/mol. The summed E-state index contributed by atoms with van der Waals surface area (Å²) in [5.74, 6) is 1.09. The van der Waals surface area contributed by atoms with Crippen molar-refractivity contribution in [1.29, 1.82) is 0 Å². The molecule has 1 aliphatic heterocycles. The van der Waals surface area contributed by atoms with Gasteiger partial charge in [-0.2, -0.15) is 0 Å². The predicted octanol–water partition coefficient (Wildman–Crippen LogP) is 2.92. The van der Waals surface area contributed by atoms with Crippen LogP contribution in [0, 0.1) is 0 Å². The molecule has 1 N–H and O–H groups in total. The summed E-state index contributed by atoms with van der Waals surface area (Å²) in [6, 6.07) is 2.83. The summed E-state index contributed by atoms with van der Waals surface area (Å²) in [6.45, 7) is 12.3. The number of hydrogen-bond acceptors (Lipinski definition) is 4. The summed E-state index contributed by atoms with van der Waals surface area (Å²) in [4.78, 5) is 2.45. The molecule has 3 rings (SSSR count). The number of furan rings is 1. The van der Waals surface area contributed by atoms with Gasteiger partial charge in [0.25, 0.3) is 0 Å². The number of rotatable bonds is 5. The SMILES string of the molecule is CC1(C)CN(Cc2occc2CNC2CC2)CC(C)(C)O1. The molecule has 0 spiro atoms. The Balaban J connectivity index is 1.64. The van der Waals surface area contributed by atoms with E-state index in [-0.39, 0.29) is 11.2 Å². The standard InChI is InChI=1S/C17H28N2O2/c1-16(2)11-19(12-17(3,4)21-16)10-15-13(7-8-20-15)9-18-14-5-6-14/h7-8,14,18H,5-6,9-12H2,1-4H3. The van der Waals surface area contributed by atoms with E-state index in [1.165, 1.54) is 18.4 Å². The van der Waals surface area contributed by atoms with Gasteiger partial charge >= 0.3 is 0 Å². The second-order valence-electron chi connectivity index (χ2n) is 7.79. The van der Waals surface area contributed by atoms with Crippen LogP contribution < -0.4 is 5.32 Å². The fourth-order valence-corrected chi connectivity index (χ4v) is 3.47. The fraction of sp³-hybridized carbons (Fsp3) is 0.765. The molecular weight excluding hydrogens is 264 g/mol. The van der Waals surface area contributed by atoms with Gasteiger partial charge in [-0.15, -0.1) is 0 Å². The molecule has 2 fully saturated rings. The van der Waals surface area contributed by atoms with Crippen LogP contribution in [0.15, 0.2) is 16.7 Å². The molecule has 1 saturated heterocycles. The minimum atomic E-state index is -0.110. The van der Waals surface area contributed by atoms with E-state index < -0.39 is 0 Å². The van der Waals surface area contributed by atoms with Gasteiger partial charge in [-0.3, -0.25) is 4.90 Å². The van der Waals surface area contributed by atoms with E-state index in [9.17, 15) is 0 Å². The summed E-state index contributed by atoms with van der Waals surface area (Å²) >= 11 is 0. The van der Waals surface area contributed by atoms with Crippen molar-refractivity contribution in [3.05, 3.63) is 23.7 Å². The Hall–Kier alpha value is -0.840. The average Bonchev–Trinajstić information content (AvgIpc) is 3.04. The summed E-state index contributed by atoms with van der Waals surface area (Å²) < 4.78 is 11.9. The largest absolute Gasteiger partial charge is 0.468 e. The van der Waals surface area contributed by atoms with Crippen LogP contribution in [0.2, 0.25) is 0 Å². The summed E-state index contributed by atoms with van der Waals surface area (Å²) in [7, 11) is 0. The van der Waals surface area contributed by atoms with Crippen molar-refractivity contribution in [2.75, 3.05) is 13.1 Å². The highest BCUT2D eigenvalue weighted by Gasteiger charge is 2.38. The minimum Gasteiger partial charge on any atom is -0.468 e. The van der Waals surface area contributed by atoms with Crippen molar-refractivity contribution < 1.29 is 9.15 Å². The Kier molecular flexibility index (Phi) is 3.89. The Labute approximate surface area is 127 Å². The maximum absolute atomic E-state index is 6.14. The third-order valence-electron chi connectivity index (χ3n) is 4.12. The molecule has 1 aromatic heterocycles. The second kappa shape index (κ2) is 5.41. The molecular formula is C17H28N2O2. The van der Waals surface area contributed by atoms with Gasteiger partial charge in [-0.1, -0.05) is 0 Å². The quantitative estimate of drug-likeness (QED) is 0.905. The molecule has 0 atom stereocenters. The van der Waals surface area contributed by atoms with E-state index in [0.29, 0.717) is 0 Å². The Morgan fingerprint density at radius 1 is 1.19 bits per heavy atom. The first-order valence-electron chi connectivity index (χ1n) is 8.04. The summed E-state index contributed by atoms with van der Waals surface area (Å²) in [6.07, 6.45) is 4.45. The fourth-order valence-electron chi connectivity index (χ4n) is 3.47. The van der Waals surface area contributed by atoms with Gasteiger partial charge in [-0.25, -0.2) is 0 Å². The molecule has 1 aliphatic carbocycles. The first-order chi connectivity index (χ1) is 9.83. The molecule has 118 valence electrons. The van der Waals surface area contributed by atoms with Crippen molar-refractivity contribution in [1.82, 2.24) is 10.2 Å². The predicted molar refractivity (Wildman–Crippen MR) is 83.1 cm³/mol. The lowest BCUT2D eigenvalue weighted by Gasteiger charge is -2.47. The van der Waals surface area contributed by atoms with Crippen molar-refractivity contribution >= 4 is 0 Å². The third-order valence-corrected chi connectivity index (χ3v) is 4.12. The Bertz CT molecular complexity index is 473. The van der Waals surface area contributed by atoms with Gasteiger partial charge in [0.05, 0.1) is 24.0 Å². The highest BCUT2D eigenvalue weighted by molar-refractivity contribution is 5.17. The van der Waals surface area contributed by atoms with Crippen LogP contribution in [0.1, 0.15) is 51.9 Å². The average molecular weight is 292 g/mol. The molecule has 2 aliphatic rings. The topological polar surface area (TPSA) is 37.6 Å². The molecule has 2 heterocycles. The number of nitrogens with zero attached hydrogens (tertiary/aromatic N) is 1. The van der Waals surface area contributed by atoms with E-state index in [2.05, 4.69) is 44.0 Å². The summed E-state index contributed by atoms with van der Waals surface area (Å²) in [5.41, 5.74) is 1.07. The number of morpholine rings is 1. The lowest BCUT2D eigenvalue weighted by molar-refractivity contribution is -0.182. The molecule has 0 unspecified atom stereocenters. The molecule has 4 nitrogen and oxygen atoms in total. The van der Waals surface area contributed by atoms with Crippen LogP contribution in [-0.4, -0.2) is 35.2 Å². The lowest BCUT2D eigenvalue weighted by atomic mass is 9.98. The third kappa shape index (κ3) is 4.09. The van der Waals surface area contributed by atoms with Crippen molar-refractivity contribution in [2.45, 2.75) is 70.9 Å². The molecule has 0 bridgehead atoms. The first-order valence-corrected chi connectivity index (χ1v) is 8.04. The zero-order valence-electron chi connectivity index (χ0n) is 13.7. The van der Waals surface area contributed by atoms with E-state index in [1.807, 2.05) is 6.26 Å². The maximum Gasteiger partial charge on any atom is 0.122 e. The van der Waals surface area contributed by atoms with Gasteiger partial charge in [-0.05, 0) is 46.6 Å². The van der Waals surface area contributed by atoms with E-state index >= 15 is 0 Å². The van der Waals surface area contributed by atoms with Gasteiger partial charge in [0.2, 0.25) is 0 Å². The number of nitrogens with one attached hydrogen (secondary N) is 1. The van der Waals surface area contributed by atoms with Crippen LogP contribution in [-0.2, 0) is 17.8 Å². The zero-order valence-corrected chi connectivity index (χ0v) is 13.7. The lowest BCUT2D eigenvalue weighted by Crippen LogP contribution is -2.56. The van der Waals surface area contributed by atoms with Gasteiger partial charge in [0.1, 0.15) is 5.76 Å².